The van der Waals surface area contributed by atoms with Gasteiger partial charge in [-0.25, -0.2) is 13.1 Å². The number of aromatic nitrogens is 2. The van der Waals surface area contributed by atoms with E-state index in [0.717, 1.165) is 17.5 Å². The summed E-state index contributed by atoms with van der Waals surface area (Å²) < 4.78 is 24.7. The molecule has 0 N–H and O–H groups in total. The normalized spacial score (nSPS) is 16.4. The predicted molar refractivity (Wildman–Crippen MR) is 65.3 cm³/mol. The third kappa shape index (κ3) is 1.74. The number of carbonyl (C=O) groups is 1. The van der Waals surface area contributed by atoms with Gasteiger partial charge in [0, 0.05) is 11.1 Å². The lowest BCUT2D eigenvalue weighted by Gasteiger charge is -2.05. The highest BCUT2D eigenvalue weighted by atomic mass is 32.2. The molecule has 0 amide bonds. The van der Waals surface area contributed by atoms with Gasteiger partial charge in [0.15, 0.2) is 9.84 Å². The molecule has 0 aliphatic carbocycles. The average molecular weight is 262 g/mol. The summed E-state index contributed by atoms with van der Waals surface area (Å²) in [6, 6.07) is 6.86. The largest absolute Gasteiger partial charge is 0.298 e. The fraction of sp³-hybridized carbons (Fsp3) is 0.167. The molecule has 18 heavy (non-hydrogen) atoms. The summed E-state index contributed by atoms with van der Waals surface area (Å²) in [6.45, 7) is 0. The van der Waals surface area contributed by atoms with Gasteiger partial charge in [0.2, 0.25) is 0 Å². The van der Waals surface area contributed by atoms with E-state index < -0.39 is 9.84 Å². The molecule has 3 rings (SSSR count). The monoisotopic (exact) mass is 262 g/mol. The van der Waals surface area contributed by atoms with E-state index in [1.54, 1.807) is 35.1 Å². The number of rotatable bonds is 2. The second-order valence-corrected chi connectivity index (χ2v) is 6.33. The SMILES string of the molecule is O=Cc1ccc(-n2ncc3c2CS(=O)(=O)C3)cc1. The highest BCUT2D eigenvalue weighted by molar-refractivity contribution is 7.90. The van der Waals surface area contributed by atoms with Crippen LogP contribution in [0.5, 0.6) is 0 Å². The number of nitrogens with zero attached hydrogens (tertiary/aromatic N) is 2. The highest BCUT2D eigenvalue weighted by Crippen LogP contribution is 2.26. The van der Waals surface area contributed by atoms with Crippen LogP contribution in [-0.2, 0) is 21.3 Å². The Labute approximate surface area is 104 Å². The zero-order valence-electron chi connectivity index (χ0n) is 9.41. The van der Waals surface area contributed by atoms with Crippen LogP contribution in [0.2, 0.25) is 0 Å². The molecule has 0 saturated heterocycles. The van der Waals surface area contributed by atoms with E-state index in [2.05, 4.69) is 5.10 Å². The first-order chi connectivity index (χ1) is 8.59. The number of sulfone groups is 1. The Morgan fingerprint density at radius 1 is 1.17 bits per heavy atom. The van der Waals surface area contributed by atoms with Gasteiger partial charge >= 0.3 is 0 Å². The molecule has 2 heterocycles. The van der Waals surface area contributed by atoms with E-state index in [9.17, 15) is 13.2 Å². The fourth-order valence-corrected chi connectivity index (χ4v) is 3.64. The Hall–Kier alpha value is -1.95. The summed E-state index contributed by atoms with van der Waals surface area (Å²) in [4.78, 5) is 10.6. The van der Waals surface area contributed by atoms with Crippen LogP contribution in [0.25, 0.3) is 5.69 Å². The van der Waals surface area contributed by atoms with Gasteiger partial charge in [-0.3, -0.25) is 4.79 Å². The van der Waals surface area contributed by atoms with Gasteiger partial charge in [-0.1, -0.05) is 0 Å². The summed E-state index contributed by atoms with van der Waals surface area (Å²) in [5, 5.41) is 4.19. The van der Waals surface area contributed by atoms with E-state index in [1.165, 1.54) is 0 Å². The van der Waals surface area contributed by atoms with Crippen molar-refractivity contribution in [1.82, 2.24) is 9.78 Å². The van der Waals surface area contributed by atoms with Crippen LogP contribution in [0, 0.1) is 0 Å². The molecule has 92 valence electrons. The topological polar surface area (TPSA) is 69.0 Å². The van der Waals surface area contributed by atoms with E-state index in [0.29, 0.717) is 11.3 Å². The second kappa shape index (κ2) is 3.78. The fourth-order valence-electron chi connectivity index (χ4n) is 2.09. The van der Waals surface area contributed by atoms with Crippen LogP contribution in [-0.4, -0.2) is 24.5 Å². The molecular weight excluding hydrogens is 252 g/mol. The van der Waals surface area contributed by atoms with E-state index in [4.69, 9.17) is 0 Å². The minimum Gasteiger partial charge on any atom is -0.298 e. The number of hydrogen-bond acceptors (Lipinski definition) is 4. The van der Waals surface area contributed by atoms with Crippen molar-refractivity contribution >= 4 is 16.1 Å². The maximum Gasteiger partial charge on any atom is 0.160 e. The molecule has 1 aliphatic heterocycles. The number of benzene rings is 1. The quantitative estimate of drug-likeness (QED) is 0.760. The molecule has 1 aromatic carbocycles. The first kappa shape index (κ1) is 11.2. The van der Waals surface area contributed by atoms with Crippen molar-refractivity contribution in [3.05, 3.63) is 47.3 Å². The number of carbonyl (C=O) groups excluding carboxylic acids is 1. The summed E-state index contributed by atoms with van der Waals surface area (Å²) >= 11 is 0. The molecule has 5 nitrogen and oxygen atoms in total. The molecule has 0 radical (unpaired) electrons. The lowest BCUT2D eigenvalue weighted by Crippen LogP contribution is -2.04. The van der Waals surface area contributed by atoms with E-state index in [-0.39, 0.29) is 11.5 Å². The summed E-state index contributed by atoms with van der Waals surface area (Å²) in [6.07, 6.45) is 2.36. The van der Waals surface area contributed by atoms with E-state index >= 15 is 0 Å². The predicted octanol–water partition coefficient (Wildman–Crippen LogP) is 1.11. The van der Waals surface area contributed by atoms with Crippen molar-refractivity contribution in [2.75, 3.05) is 0 Å². The second-order valence-electron chi connectivity index (χ2n) is 4.27. The van der Waals surface area contributed by atoms with Crippen molar-refractivity contribution < 1.29 is 13.2 Å². The first-order valence-corrected chi connectivity index (χ1v) is 7.23. The summed E-state index contributed by atoms with van der Waals surface area (Å²) in [7, 11) is -3.02. The van der Waals surface area contributed by atoms with E-state index in [1.807, 2.05) is 0 Å². The smallest absolute Gasteiger partial charge is 0.160 e. The summed E-state index contributed by atoms with van der Waals surface area (Å²) in [5.41, 5.74) is 2.82. The molecule has 1 aliphatic rings. The molecule has 0 saturated carbocycles. The molecule has 0 atom stereocenters. The molecule has 0 unspecified atom stereocenters. The standard InChI is InChI=1S/C12H10N2O3S/c15-6-9-1-3-11(4-2-9)14-12-8-18(16,17)7-10(12)5-13-14/h1-6H,7-8H2. The Morgan fingerprint density at radius 3 is 2.56 bits per heavy atom. The number of aldehydes is 1. The van der Waals surface area contributed by atoms with Crippen LogP contribution in [0.1, 0.15) is 21.6 Å². The lowest BCUT2D eigenvalue weighted by molar-refractivity contribution is 0.112. The molecule has 0 fully saturated rings. The van der Waals surface area contributed by atoms with Crippen molar-refractivity contribution in [2.24, 2.45) is 0 Å². The van der Waals surface area contributed by atoms with Crippen molar-refractivity contribution in [1.29, 1.82) is 0 Å². The Balaban J connectivity index is 2.06. The Bertz CT molecular complexity index is 714. The van der Waals surface area contributed by atoms with Crippen LogP contribution in [0.15, 0.2) is 30.5 Å². The van der Waals surface area contributed by atoms with Crippen molar-refractivity contribution in [3.63, 3.8) is 0 Å². The molecule has 2 aromatic rings. The van der Waals surface area contributed by atoms with Gasteiger partial charge in [-0.2, -0.15) is 5.10 Å². The number of hydrogen-bond donors (Lipinski definition) is 0. The first-order valence-electron chi connectivity index (χ1n) is 5.41. The molecule has 6 heteroatoms. The van der Waals surface area contributed by atoms with Crippen LogP contribution < -0.4 is 0 Å². The van der Waals surface area contributed by atoms with Gasteiger partial charge in [0.1, 0.15) is 6.29 Å². The van der Waals surface area contributed by atoms with Gasteiger partial charge in [0.25, 0.3) is 0 Å². The molecule has 1 aromatic heterocycles. The third-order valence-electron chi connectivity index (χ3n) is 2.96. The van der Waals surface area contributed by atoms with Crippen molar-refractivity contribution in [2.45, 2.75) is 11.5 Å². The molecular formula is C12H10N2O3S. The van der Waals surface area contributed by atoms with Gasteiger partial charge in [-0.15, -0.1) is 0 Å². The van der Waals surface area contributed by atoms with Crippen LogP contribution >= 0.6 is 0 Å². The molecule has 0 spiro atoms. The Morgan fingerprint density at radius 2 is 1.89 bits per heavy atom. The van der Waals surface area contributed by atoms with Gasteiger partial charge in [0.05, 0.1) is 29.1 Å². The van der Waals surface area contributed by atoms with Crippen LogP contribution in [0.3, 0.4) is 0 Å². The van der Waals surface area contributed by atoms with Gasteiger partial charge in [-0.05, 0) is 24.3 Å². The van der Waals surface area contributed by atoms with Crippen molar-refractivity contribution in [3.8, 4) is 5.69 Å². The maximum absolute atomic E-state index is 11.5. The zero-order valence-corrected chi connectivity index (χ0v) is 10.2. The molecule has 0 bridgehead atoms. The minimum absolute atomic E-state index is 0.0256. The highest BCUT2D eigenvalue weighted by Gasteiger charge is 2.29. The Kier molecular flexibility index (Phi) is 2.34. The average Bonchev–Trinajstić information content (AvgIpc) is 2.84. The van der Waals surface area contributed by atoms with Crippen LogP contribution in [0.4, 0.5) is 0 Å². The maximum atomic E-state index is 11.5. The number of fused-ring (bicyclic) bond motifs is 1. The summed E-state index contributed by atoms with van der Waals surface area (Å²) in [5.74, 6) is 0.0898. The zero-order chi connectivity index (χ0) is 12.8. The minimum atomic E-state index is -3.02. The van der Waals surface area contributed by atoms with Gasteiger partial charge < -0.3 is 0 Å². The lowest BCUT2D eigenvalue weighted by atomic mass is 10.2. The third-order valence-corrected chi connectivity index (χ3v) is 4.43.